The summed E-state index contributed by atoms with van der Waals surface area (Å²) in [6.07, 6.45) is 6.50. The number of halogens is 1. The lowest BCUT2D eigenvalue weighted by molar-refractivity contribution is -0.141. The Balaban J connectivity index is 1.53. The lowest BCUT2D eigenvalue weighted by atomic mass is 9.68. The van der Waals surface area contributed by atoms with Gasteiger partial charge in [0.25, 0.3) is 0 Å². The van der Waals surface area contributed by atoms with E-state index in [0.717, 1.165) is 50.5 Å². The molecule has 0 unspecified atom stereocenters. The highest BCUT2D eigenvalue weighted by Gasteiger charge is 2.45. The molecule has 2 fully saturated rings. The number of amides is 2. The highest BCUT2D eigenvalue weighted by molar-refractivity contribution is 7.13. The summed E-state index contributed by atoms with van der Waals surface area (Å²) in [6, 6.07) is 7.74. The van der Waals surface area contributed by atoms with Crippen molar-refractivity contribution in [3.63, 3.8) is 0 Å². The molecule has 0 radical (unpaired) electrons. The van der Waals surface area contributed by atoms with E-state index in [-0.39, 0.29) is 17.7 Å². The van der Waals surface area contributed by atoms with Crippen molar-refractivity contribution < 1.29 is 9.59 Å². The highest BCUT2D eigenvalue weighted by Crippen LogP contribution is 2.42. The number of piperidine rings is 1. The molecule has 154 valence electrons. The van der Waals surface area contributed by atoms with Crippen LogP contribution in [-0.4, -0.2) is 40.0 Å². The number of rotatable bonds is 4. The van der Waals surface area contributed by atoms with Gasteiger partial charge in [-0.1, -0.05) is 54.3 Å². The topological polar surface area (TPSA) is 75.2 Å². The first-order chi connectivity index (χ1) is 14.1. The first kappa shape index (κ1) is 20.3. The number of nitrogens with zero attached hydrogens (tertiary/aromatic N) is 3. The summed E-state index contributed by atoms with van der Waals surface area (Å²) < 4.78 is 0. The molecule has 0 spiro atoms. The minimum atomic E-state index is -0.527. The third-order valence-corrected chi connectivity index (χ3v) is 7.01. The smallest absolute Gasteiger partial charge is 0.233 e. The molecule has 2 aromatic rings. The van der Waals surface area contributed by atoms with Gasteiger partial charge < -0.3 is 10.2 Å². The van der Waals surface area contributed by atoms with Crippen molar-refractivity contribution in [2.75, 3.05) is 18.4 Å². The normalized spacial score (nSPS) is 21.6. The fourth-order valence-electron chi connectivity index (χ4n) is 4.68. The summed E-state index contributed by atoms with van der Waals surface area (Å²) in [5, 5.41) is 11.6. The summed E-state index contributed by atoms with van der Waals surface area (Å²) in [5.74, 6) is -0.163. The second kappa shape index (κ2) is 8.79. The first-order valence-electron chi connectivity index (χ1n) is 10.2. The van der Waals surface area contributed by atoms with Gasteiger partial charge >= 0.3 is 0 Å². The van der Waals surface area contributed by atoms with Crippen LogP contribution in [0.15, 0.2) is 29.8 Å². The van der Waals surface area contributed by atoms with Gasteiger partial charge in [-0.15, -0.1) is 10.2 Å². The highest BCUT2D eigenvalue weighted by atomic mass is 35.5. The molecule has 1 atom stereocenters. The van der Waals surface area contributed by atoms with E-state index in [4.69, 9.17) is 11.6 Å². The second-order valence-electron chi connectivity index (χ2n) is 7.98. The lowest BCUT2D eigenvalue weighted by Crippen LogP contribution is -2.52. The molecule has 1 aliphatic carbocycles. The molecule has 8 heteroatoms. The summed E-state index contributed by atoms with van der Waals surface area (Å²) in [4.78, 5) is 28.4. The van der Waals surface area contributed by atoms with Gasteiger partial charge in [-0.3, -0.25) is 9.59 Å². The summed E-state index contributed by atoms with van der Waals surface area (Å²) in [7, 11) is 0. The Morgan fingerprint density at radius 1 is 1.21 bits per heavy atom. The van der Waals surface area contributed by atoms with Gasteiger partial charge in [0.2, 0.25) is 16.9 Å². The van der Waals surface area contributed by atoms with Crippen LogP contribution in [0.4, 0.5) is 5.13 Å². The molecular weight excluding hydrogens is 408 g/mol. The third-order valence-electron chi connectivity index (χ3n) is 6.16. The van der Waals surface area contributed by atoms with Crippen molar-refractivity contribution in [3.8, 4) is 0 Å². The van der Waals surface area contributed by atoms with Crippen LogP contribution in [0.5, 0.6) is 0 Å². The fraction of sp³-hybridized carbons (Fsp3) is 0.524. The predicted molar refractivity (Wildman–Crippen MR) is 114 cm³/mol. The van der Waals surface area contributed by atoms with Crippen molar-refractivity contribution in [1.82, 2.24) is 15.1 Å². The van der Waals surface area contributed by atoms with Crippen LogP contribution in [-0.2, 0) is 15.0 Å². The maximum Gasteiger partial charge on any atom is 0.233 e. The average molecular weight is 433 g/mol. The summed E-state index contributed by atoms with van der Waals surface area (Å²) in [6.45, 7) is 1.15. The molecule has 1 aromatic carbocycles. The van der Waals surface area contributed by atoms with Crippen LogP contribution in [0.1, 0.15) is 50.5 Å². The minimum Gasteiger partial charge on any atom is -0.341 e. The van der Waals surface area contributed by atoms with Gasteiger partial charge in [0.15, 0.2) is 0 Å². The minimum absolute atomic E-state index is 0.0836. The average Bonchev–Trinajstić information content (AvgIpc) is 3.27. The van der Waals surface area contributed by atoms with Gasteiger partial charge in [0.1, 0.15) is 5.51 Å². The number of anilines is 1. The molecule has 29 heavy (non-hydrogen) atoms. The summed E-state index contributed by atoms with van der Waals surface area (Å²) in [5.41, 5.74) is 2.07. The molecule has 6 nitrogen and oxygen atoms in total. The molecule has 1 aromatic heterocycles. The van der Waals surface area contributed by atoms with Crippen LogP contribution >= 0.6 is 22.9 Å². The van der Waals surface area contributed by atoms with Gasteiger partial charge in [-0.25, -0.2) is 0 Å². The van der Waals surface area contributed by atoms with Gasteiger partial charge in [-0.05, 0) is 43.4 Å². The molecule has 1 saturated carbocycles. The van der Waals surface area contributed by atoms with E-state index < -0.39 is 5.41 Å². The Labute approximate surface area is 179 Å². The predicted octanol–water partition coefficient (Wildman–Crippen LogP) is 4.27. The van der Waals surface area contributed by atoms with E-state index >= 15 is 0 Å². The van der Waals surface area contributed by atoms with E-state index in [2.05, 4.69) is 15.5 Å². The number of hydrogen-bond donors (Lipinski definition) is 1. The molecule has 1 aliphatic heterocycles. The lowest BCUT2D eigenvalue weighted by Gasteiger charge is -2.42. The van der Waals surface area contributed by atoms with Gasteiger partial charge in [0, 0.05) is 18.1 Å². The molecule has 4 rings (SSSR count). The maximum absolute atomic E-state index is 13.8. The molecule has 0 bridgehead atoms. The zero-order valence-electron chi connectivity index (χ0n) is 16.3. The molecule has 2 aliphatic rings. The SMILES string of the molecule is O=C(Nc1nncs1)[C@@H]1CCCN(C(=O)C2(c3cccc(Cl)c3)CCCCC2)C1. The van der Waals surface area contributed by atoms with Crippen molar-refractivity contribution in [2.45, 2.75) is 50.4 Å². The Kier molecular flexibility index (Phi) is 6.15. The Bertz CT molecular complexity index is 867. The van der Waals surface area contributed by atoms with E-state index in [1.807, 2.05) is 29.2 Å². The molecule has 1 N–H and O–H groups in total. The van der Waals surface area contributed by atoms with Crippen molar-refractivity contribution in [1.29, 1.82) is 0 Å². The number of carbonyl (C=O) groups excluding carboxylic acids is 2. The van der Waals surface area contributed by atoms with E-state index in [1.165, 1.54) is 11.3 Å². The van der Waals surface area contributed by atoms with E-state index in [9.17, 15) is 9.59 Å². The Morgan fingerprint density at radius 3 is 2.76 bits per heavy atom. The van der Waals surface area contributed by atoms with Crippen molar-refractivity contribution in [3.05, 3.63) is 40.4 Å². The number of nitrogens with one attached hydrogen (secondary N) is 1. The van der Waals surface area contributed by atoms with Crippen LogP contribution in [0.3, 0.4) is 0 Å². The number of benzene rings is 1. The van der Waals surface area contributed by atoms with Crippen molar-refractivity contribution >= 4 is 39.9 Å². The molecule has 2 heterocycles. The molecular formula is C21H25ClN4O2S. The van der Waals surface area contributed by atoms with E-state index in [0.29, 0.717) is 23.2 Å². The monoisotopic (exact) mass is 432 g/mol. The molecule has 2 amide bonds. The fourth-order valence-corrected chi connectivity index (χ4v) is 5.32. The van der Waals surface area contributed by atoms with E-state index in [1.54, 1.807) is 5.51 Å². The van der Waals surface area contributed by atoms with Crippen LogP contribution < -0.4 is 5.32 Å². The zero-order chi connectivity index (χ0) is 20.3. The Morgan fingerprint density at radius 2 is 2.03 bits per heavy atom. The quantitative estimate of drug-likeness (QED) is 0.782. The number of aromatic nitrogens is 2. The largest absolute Gasteiger partial charge is 0.341 e. The number of carbonyl (C=O) groups is 2. The van der Waals surface area contributed by atoms with Crippen LogP contribution in [0, 0.1) is 5.92 Å². The summed E-state index contributed by atoms with van der Waals surface area (Å²) >= 11 is 7.56. The maximum atomic E-state index is 13.8. The number of hydrogen-bond acceptors (Lipinski definition) is 5. The molecule has 1 saturated heterocycles. The standard InChI is InChI=1S/C21H25ClN4O2S/c22-17-8-4-7-16(12-17)21(9-2-1-3-10-21)19(28)26-11-5-6-15(13-26)18(27)24-20-25-23-14-29-20/h4,7-8,12,14-15H,1-3,5-6,9-11,13H2,(H,24,25,27)/t15-/m1/s1. The van der Waals surface area contributed by atoms with Gasteiger partial charge in [0.05, 0.1) is 11.3 Å². The second-order valence-corrected chi connectivity index (χ2v) is 9.25. The Hall–Kier alpha value is -1.99. The third kappa shape index (κ3) is 4.31. The van der Waals surface area contributed by atoms with Crippen LogP contribution in [0.25, 0.3) is 0 Å². The first-order valence-corrected chi connectivity index (χ1v) is 11.5. The van der Waals surface area contributed by atoms with Gasteiger partial charge in [-0.2, -0.15) is 0 Å². The van der Waals surface area contributed by atoms with Crippen LogP contribution in [0.2, 0.25) is 5.02 Å². The number of likely N-dealkylation sites (tertiary alicyclic amines) is 1. The zero-order valence-corrected chi connectivity index (χ0v) is 17.8. The van der Waals surface area contributed by atoms with Crippen molar-refractivity contribution in [2.24, 2.45) is 5.92 Å².